The van der Waals surface area contributed by atoms with Crippen molar-refractivity contribution in [1.29, 1.82) is 0 Å². The molecule has 10 rings (SSSR count). The van der Waals surface area contributed by atoms with E-state index in [0.29, 0.717) is 0 Å². The molecule has 0 atom stereocenters. The number of aromatic nitrogens is 3. The summed E-state index contributed by atoms with van der Waals surface area (Å²) in [5, 5.41) is 7.20. The summed E-state index contributed by atoms with van der Waals surface area (Å²) in [6.07, 6.45) is 3.79. The number of rotatable bonds is 6. The molecule has 3 heterocycles. The molecule has 0 fully saturated rings. The largest absolute Gasteiger partial charge is 0.309 e. The lowest BCUT2D eigenvalue weighted by atomic mass is 9.97. The zero-order valence-electron chi connectivity index (χ0n) is 28.8. The molecule has 0 amide bonds. The third kappa shape index (κ3) is 5.63. The molecule has 0 N–H and O–H groups in total. The maximum atomic E-state index is 5.15. The van der Waals surface area contributed by atoms with Crippen LogP contribution in [0.3, 0.4) is 0 Å². The smallest absolute Gasteiger partial charge is 0.0972 e. The number of hydrogen-bond acceptors (Lipinski definition) is 4. The van der Waals surface area contributed by atoms with E-state index in [0.717, 1.165) is 61.4 Å². The highest BCUT2D eigenvalue weighted by Crippen LogP contribution is 2.39. The minimum Gasteiger partial charge on any atom is -0.309 e. The summed E-state index contributed by atoms with van der Waals surface area (Å²) in [4.78, 5) is 17.0. The molecule has 7 aromatic carbocycles. The van der Waals surface area contributed by atoms with Gasteiger partial charge in [-0.25, -0.2) is 4.98 Å². The third-order valence-electron chi connectivity index (χ3n) is 10.1. The average Bonchev–Trinajstić information content (AvgIpc) is 3.24. The van der Waals surface area contributed by atoms with E-state index in [2.05, 4.69) is 157 Å². The summed E-state index contributed by atoms with van der Waals surface area (Å²) in [7, 11) is 0. The van der Waals surface area contributed by atoms with Crippen LogP contribution < -0.4 is 4.90 Å². The van der Waals surface area contributed by atoms with Crippen LogP contribution in [0.25, 0.3) is 77.0 Å². The molecular weight excluding hydrogens is 645 g/mol. The van der Waals surface area contributed by atoms with Crippen LogP contribution in [0.1, 0.15) is 0 Å². The van der Waals surface area contributed by atoms with Crippen LogP contribution in [0.5, 0.6) is 0 Å². The fraction of sp³-hybridized carbons (Fsp3) is 0. The fourth-order valence-electron chi connectivity index (χ4n) is 7.44. The summed E-state index contributed by atoms with van der Waals surface area (Å²) < 4.78 is 0. The van der Waals surface area contributed by atoms with Gasteiger partial charge in [-0.05, 0) is 87.3 Å². The molecule has 0 spiro atoms. The number of anilines is 3. The van der Waals surface area contributed by atoms with Gasteiger partial charge in [0.1, 0.15) is 0 Å². The van der Waals surface area contributed by atoms with E-state index in [-0.39, 0.29) is 0 Å². The Bertz CT molecular complexity index is 2940. The van der Waals surface area contributed by atoms with Crippen molar-refractivity contribution in [2.45, 2.75) is 0 Å². The molecule has 4 heteroatoms. The lowest BCUT2D eigenvalue weighted by molar-refractivity contribution is 1.25. The van der Waals surface area contributed by atoms with Gasteiger partial charge in [0.05, 0.1) is 34.3 Å². The van der Waals surface area contributed by atoms with Crippen molar-refractivity contribution in [2.75, 3.05) is 4.90 Å². The monoisotopic (exact) mass is 676 g/mol. The summed E-state index contributed by atoms with van der Waals surface area (Å²) in [6, 6.07) is 64.2. The van der Waals surface area contributed by atoms with Crippen LogP contribution in [-0.2, 0) is 0 Å². The first-order valence-electron chi connectivity index (χ1n) is 17.8. The van der Waals surface area contributed by atoms with Crippen LogP contribution >= 0.6 is 0 Å². The Morgan fingerprint density at radius 1 is 0.377 bits per heavy atom. The maximum Gasteiger partial charge on any atom is 0.0972 e. The molecule has 0 aliphatic heterocycles. The lowest BCUT2D eigenvalue weighted by Gasteiger charge is -2.26. The normalized spacial score (nSPS) is 11.4. The number of para-hydroxylation sites is 1. The van der Waals surface area contributed by atoms with Crippen molar-refractivity contribution in [2.24, 2.45) is 0 Å². The molecule has 0 saturated carbocycles. The summed E-state index contributed by atoms with van der Waals surface area (Å²) >= 11 is 0. The van der Waals surface area contributed by atoms with E-state index in [1.165, 1.54) is 32.7 Å². The van der Waals surface area contributed by atoms with Crippen molar-refractivity contribution in [3.8, 4) is 33.6 Å². The molecule has 0 aliphatic rings. The molecule has 4 nitrogen and oxygen atoms in total. The van der Waals surface area contributed by atoms with Crippen molar-refractivity contribution in [1.82, 2.24) is 15.0 Å². The van der Waals surface area contributed by atoms with Crippen molar-refractivity contribution >= 4 is 60.4 Å². The van der Waals surface area contributed by atoms with Gasteiger partial charge >= 0.3 is 0 Å². The number of nitrogens with zero attached hydrogens (tertiary/aromatic N) is 4. The molecule has 3 aromatic heterocycles. The Morgan fingerprint density at radius 2 is 1.04 bits per heavy atom. The molecular formula is C49H32N4. The van der Waals surface area contributed by atoms with Gasteiger partial charge in [-0.15, -0.1) is 0 Å². The second-order valence-corrected chi connectivity index (χ2v) is 13.3. The van der Waals surface area contributed by atoms with Crippen LogP contribution in [0.2, 0.25) is 0 Å². The van der Waals surface area contributed by atoms with Gasteiger partial charge in [0.25, 0.3) is 0 Å². The van der Waals surface area contributed by atoms with E-state index in [1.807, 2.05) is 42.7 Å². The topological polar surface area (TPSA) is 41.9 Å². The van der Waals surface area contributed by atoms with Gasteiger partial charge in [-0.2, -0.15) is 0 Å². The quantitative estimate of drug-likeness (QED) is 0.164. The first kappa shape index (κ1) is 30.6. The van der Waals surface area contributed by atoms with E-state index >= 15 is 0 Å². The summed E-state index contributed by atoms with van der Waals surface area (Å²) in [6.45, 7) is 0. The fourth-order valence-corrected chi connectivity index (χ4v) is 7.44. The van der Waals surface area contributed by atoms with E-state index < -0.39 is 0 Å². The third-order valence-corrected chi connectivity index (χ3v) is 10.1. The van der Waals surface area contributed by atoms with Gasteiger partial charge in [0.15, 0.2) is 0 Å². The summed E-state index contributed by atoms with van der Waals surface area (Å²) in [5.74, 6) is 0. The standard InChI is InChI=1S/C49H32N4/c1-2-10-36(11-3-1)49-48-40(13-8-28-50-48)31-47(52-49)35-20-25-42(26-21-35)53(43-30-39-12-5-7-15-46(39)51-32-43)41-23-18-33(19-24-41)37-22-27-45-38(29-37)17-16-34-9-4-6-14-44(34)45/h1-32H. The highest BCUT2D eigenvalue weighted by atomic mass is 15.1. The highest BCUT2D eigenvalue weighted by molar-refractivity contribution is 6.08. The average molecular weight is 677 g/mol. The first-order valence-corrected chi connectivity index (χ1v) is 17.8. The van der Waals surface area contributed by atoms with E-state index in [4.69, 9.17) is 15.0 Å². The van der Waals surface area contributed by atoms with Gasteiger partial charge in [-0.1, -0.05) is 127 Å². The SMILES string of the molecule is c1ccc(-c2nc(-c3ccc(N(c4ccc(-c5ccc6c(ccc7ccccc76)c5)cc4)c4cnc5ccccc5c4)cc3)cc3cccnc23)cc1. The Labute approximate surface area is 307 Å². The highest BCUT2D eigenvalue weighted by Gasteiger charge is 2.16. The second kappa shape index (κ2) is 12.9. The van der Waals surface area contributed by atoms with Crippen LogP contribution in [0, 0.1) is 0 Å². The molecule has 248 valence electrons. The van der Waals surface area contributed by atoms with Crippen LogP contribution in [0.15, 0.2) is 194 Å². The predicted octanol–water partition coefficient (Wildman–Crippen LogP) is 13.0. The summed E-state index contributed by atoms with van der Waals surface area (Å²) in [5.41, 5.74) is 11.2. The van der Waals surface area contributed by atoms with Gasteiger partial charge < -0.3 is 4.90 Å². The van der Waals surface area contributed by atoms with E-state index in [9.17, 15) is 0 Å². The number of fused-ring (bicyclic) bond motifs is 5. The van der Waals surface area contributed by atoms with Gasteiger partial charge in [-0.3, -0.25) is 9.97 Å². The Hall–Kier alpha value is -7.17. The van der Waals surface area contributed by atoms with Crippen molar-refractivity contribution in [3.63, 3.8) is 0 Å². The van der Waals surface area contributed by atoms with E-state index in [1.54, 1.807) is 0 Å². The molecule has 10 aromatic rings. The second-order valence-electron chi connectivity index (χ2n) is 13.3. The molecule has 0 saturated heterocycles. The molecule has 0 aliphatic carbocycles. The number of hydrogen-bond donors (Lipinski definition) is 0. The van der Waals surface area contributed by atoms with Crippen molar-refractivity contribution in [3.05, 3.63) is 194 Å². The minimum absolute atomic E-state index is 0.881. The maximum absolute atomic E-state index is 5.15. The van der Waals surface area contributed by atoms with Crippen molar-refractivity contribution < 1.29 is 0 Å². The Morgan fingerprint density at radius 3 is 1.87 bits per heavy atom. The molecule has 0 unspecified atom stereocenters. The Kier molecular flexibility index (Phi) is 7.43. The molecule has 0 bridgehead atoms. The zero-order chi connectivity index (χ0) is 35.1. The number of pyridine rings is 3. The zero-order valence-corrected chi connectivity index (χ0v) is 28.8. The van der Waals surface area contributed by atoms with Crippen LogP contribution in [0.4, 0.5) is 17.1 Å². The Balaban J connectivity index is 1.04. The minimum atomic E-state index is 0.881. The molecule has 53 heavy (non-hydrogen) atoms. The first-order chi connectivity index (χ1) is 26.2. The lowest BCUT2D eigenvalue weighted by Crippen LogP contribution is -2.10. The van der Waals surface area contributed by atoms with Gasteiger partial charge in [0, 0.05) is 39.5 Å². The number of benzene rings is 7. The predicted molar refractivity (Wildman–Crippen MR) is 221 cm³/mol. The van der Waals surface area contributed by atoms with Crippen LogP contribution in [-0.4, -0.2) is 15.0 Å². The molecule has 0 radical (unpaired) electrons. The van der Waals surface area contributed by atoms with Gasteiger partial charge in [0.2, 0.25) is 0 Å².